The molecule has 1 aliphatic carbocycles. The summed E-state index contributed by atoms with van der Waals surface area (Å²) in [4.78, 5) is 24.0. The van der Waals surface area contributed by atoms with Crippen molar-refractivity contribution in [3.05, 3.63) is 0 Å². The molecule has 2 bridgehead atoms. The standard InChI is InChI=1S/C14H20O4/c1-13-7-9(15)11(12(16)17-2)10(18-13)8-14(13)5-3-4-6-14/h10-11H,3-8H2,1-2H3/t10-,11?,13-/m0/s1. The first-order valence-electron chi connectivity index (χ1n) is 6.80. The van der Waals surface area contributed by atoms with E-state index in [0.29, 0.717) is 6.42 Å². The molecule has 2 saturated heterocycles. The molecule has 0 N–H and O–H groups in total. The summed E-state index contributed by atoms with van der Waals surface area (Å²) >= 11 is 0. The zero-order valence-electron chi connectivity index (χ0n) is 11.0. The Morgan fingerprint density at radius 3 is 2.67 bits per heavy atom. The molecule has 3 fully saturated rings. The van der Waals surface area contributed by atoms with Crippen LogP contribution in [0.5, 0.6) is 0 Å². The number of esters is 1. The van der Waals surface area contributed by atoms with Crippen LogP contribution in [-0.4, -0.2) is 30.6 Å². The average molecular weight is 252 g/mol. The van der Waals surface area contributed by atoms with E-state index in [-0.39, 0.29) is 22.9 Å². The summed E-state index contributed by atoms with van der Waals surface area (Å²) in [6.07, 6.45) is 5.62. The van der Waals surface area contributed by atoms with E-state index in [2.05, 4.69) is 6.92 Å². The smallest absolute Gasteiger partial charge is 0.318 e. The number of hydrogen-bond acceptors (Lipinski definition) is 4. The predicted molar refractivity (Wildman–Crippen MR) is 63.9 cm³/mol. The number of ether oxygens (including phenoxy) is 2. The van der Waals surface area contributed by atoms with Crippen LogP contribution in [0.2, 0.25) is 0 Å². The number of ketones is 1. The molecule has 4 heteroatoms. The Kier molecular flexibility index (Phi) is 2.56. The molecule has 1 unspecified atom stereocenters. The van der Waals surface area contributed by atoms with E-state index in [0.717, 1.165) is 19.3 Å². The highest BCUT2D eigenvalue weighted by molar-refractivity contribution is 6.01. The fraction of sp³-hybridized carbons (Fsp3) is 0.857. The van der Waals surface area contributed by atoms with Gasteiger partial charge in [-0.1, -0.05) is 12.8 Å². The van der Waals surface area contributed by atoms with Crippen molar-refractivity contribution in [3.8, 4) is 0 Å². The molecule has 0 aromatic heterocycles. The first-order valence-corrected chi connectivity index (χ1v) is 6.80. The monoisotopic (exact) mass is 252 g/mol. The molecule has 3 rings (SSSR count). The number of fused-ring (bicyclic) bond motifs is 3. The first-order chi connectivity index (χ1) is 8.51. The van der Waals surface area contributed by atoms with Gasteiger partial charge in [0, 0.05) is 11.8 Å². The van der Waals surface area contributed by atoms with Crippen LogP contribution in [0.1, 0.15) is 45.4 Å². The third-order valence-electron chi connectivity index (χ3n) is 5.37. The fourth-order valence-corrected chi connectivity index (χ4v) is 4.36. The number of carbonyl (C=O) groups is 2. The van der Waals surface area contributed by atoms with Crippen molar-refractivity contribution in [3.63, 3.8) is 0 Å². The summed E-state index contributed by atoms with van der Waals surface area (Å²) in [5.41, 5.74) is -0.230. The van der Waals surface area contributed by atoms with Gasteiger partial charge in [0.1, 0.15) is 5.92 Å². The summed E-state index contributed by atoms with van der Waals surface area (Å²) in [5.74, 6) is -1.12. The van der Waals surface area contributed by atoms with Gasteiger partial charge in [-0.05, 0) is 26.2 Å². The lowest BCUT2D eigenvalue weighted by atomic mass is 9.70. The second-order valence-electron chi connectivity index (χ2n) is 6.22. The van der Waals surface area contributed by atoms with Crippen molar-refractivity contribution in [1.82, 2.24) is 0 Å². The van der Waals surface area contributed by atoms with Crippen LogP contribution in [0.15, 0.2) is 0 Å². The van der Waals surface area contributed by atoms with Crippen LogP contribution in [0.4, 0.5) is 0 Å². The maximum absolute atomic E-state index is 12.2. The van der Waals surface area contributed by atoms with Gasteiger partial charge in [0.2, 0.25) is 0 Å². The summed E-state index contributed by atoms with van der Waals surface area (Å²) in [7, 11) is 1.34. The maximum atomic E-state index is 12.2. The molecule has 100 valence electrons. The van der Waals surface area contributed by atoms with Crippen molar-refractivity contribution < 1.29 is 19.1 Å². The third-order valence-corrected chi connectivity index (χ3v) is 5.37. The minimum Gasteiger partial charge on any atom is -0.468 e. The van der Waals surface area contributed by atoms with Crippen LogP contribution in [0, 0.1) is 11.3 Å². The molecule has 1 saturated carbocycles. The second-order valence-corrected chi connectivity index (χ2v) is 6.22. The molecular formula is C14H20O4. The minimum atomic E-state index is -0.692. The van der Waals surface area contributed by atoms with E-state index < -0.39 is 11.9 Å². The molecule has 4 nitrogen and oxygen atoms in total. The molecular weight excluding hydrogens is 232 g/mol. The van der Waals surface area contributed by atoms with E-state index in [1.807, 2.05) is 0 Å². The molecule has 18 heavy (non-hydrogen) atoms. The lowest BCUT2D eigenvalue weighted by Crippen LogP contribution is -2.49. The van der Waals surface area contributed by atoms with Gasteiger partial charge in [0.05, 0.1) is 18.8 Å². The molecule has 0 aromatic carbocycles. The van der Waals surface area contributed by atoms with Gasteiger partial charge < -0.3 is 9.47 Å². The summed E-state index contributed by atoms with van der Waals surface area (Å²) in [6, 6.07) is 0. The van der Waals surface area contributed by atoms with Crippen LogP contribution in [0.3, 0.4) is 0 Å². The molecule has 1 spiro atoms. The number of hydrogen-bond donors (Lipinski definition) is 0. The summed E-state index contributed by atoms with van der Waals surface area (Å²) in [5, 5.41) is 0. The normalized spacial score (nSPS) is 41.3. The van der Waals surface area contributed by atoms with Crippen LogP contribution in [-0.2, 0) is 19.1 Å². The molecule has 2 heterocycles. The molecule has 0 radical (unpaired) electrons. The largest absolute Gasteiger partial charge is 0.468 e. The van der Waals surface area contributed by atoms with E-state index in [1.54, 1.807) is 0 Å². The molecule has 0 aromatic rings. The highest BCUT2D eigenvalue weighted by atomic mass is 16.5. The van der Waals surface area contributed by atoms with Gasteiger partial charge >= 0.3 is 5.97 Å². The molecule has 3 atom stereocenters. The highest BCUT2D eigenvalue weighted by Gasteiger charge is 2.64. The molecule has 0 amide bonds. The SMILES string of the molecule is COC(=O)C1C(=O)C[C@]2(C)O[C@H]1CC21CCCC1. The Labute approximate surface area is 107 Å². The van der Waals surface area contributed by atoms with E-state index in [9.17, 15) is 9.59 Å². The minimum absolute atomic E-state index is 0.00405. The van der Waals surface area contributed by atoms with Gasteiger partial charge in [0.25, 0.3) is 0 Å². The lowest BCUT2D eigenvalue weighted by Gasteiger charge is -2.41. The van der Waals surface area contributed by atoms with Crippen molar-refractivity contribution in [2.45, 2.75) is 57.2 Å². The summed E-state index contributed by atoms with van der Waals surface area (Å²) in [6.45, 7) is 2.06. The lowest BCUT2D eigenvalue weighted by molar-refractivity contribution is -0.172. The van der Waals surface area contributed by atoms with Crippen LogP contribution in [0.25, 0.3) is 0 Å². The third kappa shape index (κ3) is 1.41. The van der Waals surface area contributed by atoms with Crippen molar-refractivity contribution in [1.29, 1.82) is 0 Å². The van der Waals surface area contributed by atoms with Gasteiger partial charge in [-0.25, -0.2) is 0 Å². The van der Waals surface area contributed by atoms with Crippen molar-refractivity contribution in [2.24, 2.45) is 11.3 Å². The van der Waals surface area contributed by atoms with Crippen LogP contribution >= 0.6 is 0 Å². The van der Waals surface area contributed by atoms with Crippen molar-refractivity contribution in [2.75, 3.05) is 7.11 Å². The van der Waals surface area contributed by atoms with Crippen LogP contribution < -0.4 is 0 Å². The topological polar surface area (TPSA) is 52.6 Å². The van der Waals surface area contributed by atoms with Gasteiger partial charge in [-0.3, -0.25) is 9.59 Å². The Hall–Kier alpha value is -0.900. The number of carbonyl (C=O) groups excluding carboxylic acids is 2. The first kappa shape index (κ1) is 12.2. The Balaban J connectivity index is 1.93. The number of methoxy groups -OCH3 is 1. The van der Waals surface area contributed by atoms with E-state index in [1.165, 1.54) is 20.0 Å². The Morgan fingerprint density at radius 1 is 1.39 bits per heavy atom. The summed E-state index contributed by atoms with van der Waals surface area (Å²) < 4.78 is 10.9. The zero-order chi connectivity index (χ0) is 13.0. The average Bonchev–Trinajstić information content (AvgIpc) is 2.85. The second kappa shape index (κ2) is 3.80. The van der Waals surface area contributed by atoms with Gasteiger partial charge in [-0.2, -0.15) is 0 Å². The molecule has 3 aliphatic rings. The van der Waals surface area contributed by atoms with Gasteiger partial charge in [-0.15, -0.1) is 0 Å². The quantitative estimate of drug-likeness (QED) is 0.528. The number of Topliss-reactive ketones (excluding diaryl/α,β-unsaturated/α-hetero) is 1. The Bertz CT molecular complexity index is 397. The van der Waals surface area contributed by atoms with Gasteiger partial charge in [0.15, 0.2) is 5.78 Å². The van der Waals surface area contributed by atoms with Crippen molar-refractivity contribution >= 4 is 11.8 Å². The number of rotatable bonds is 1. The maximum Gasteiger partial charge on any atom is 0.318 e. The van der Waals surface area contributed by atoms with E-state index >= 15 is 0 Å². The Morgan fingerprint density at radius 2 is 2.06 bits per heavy atom. The zero-order valence-corrected chi connectivity index (χ0v) is 11.0. The fourth-order valence-electron chi connectivity index (χ4n) is 4.36. The predicted octanol–water partition coefficient (Wildman–Crippen LogP) is 1.86. The molecule has 2 aliphatic heterocycles. The van der Waals surface area contributed by atoms with E-state index in [4.69, 9.17) is 9.47 Å². The highest BCUT2D eigenvalue weighted by Crippen LogP contribution is 2.61.